The maximum Gasteiger partial charge on any atom is 0.0925 e. The standard InChI is InChI=1S/C4H7ClN2/c5-4-7-3-1-2-6-7/h1-2,6H,3-4H2. The molecule has 0 saturated carbocycles. The number of hydrogen-bond donors (Lipinski definition) is 1. The van der Waals surface area contributed by atoms with Gasteiger partial charge in [-0.3, -0.25) is 0 Å². The summed E-state index contributed by atoms with van der Waals surface area (Å²) in [7, 11) is 0. The third-order valence-electron chi connectivity index (χ3n) is 0.845. The van der Waals surface area contributed by atoms with Gasteiger partial charge >= 0.3 is 0 Å². The normalized spacial score (nSPS) is 20.1. The molecule has 0 aliphatic carbocycles. The molecule has 1 aliphatic rings. The van der Waals surface area contributed by atoms with Crippen LogP contribution in [0.1, 0.15) is 0 Å². The van der Waals surface area contributed by atoms with Gasteiger partial charge in [-0.1, -0.05) is 6.08 Å². The van der Waals surface area contributed by atoms with Crippen molar-refractivity contribution in [1.29, 1.82) is 0 Å². The molecule has 1 heterocycles. The Balaban J connectivity index is 2.22. The monoisotopic (exact) mass is 118 g/mol. The zero-order valence-corrected chi connectivity index (χ0v) is 4.65. The van der Waals surface area contributed by atoms with Crippen molar-refractivity contribution >= 4 is 11.6 Å². The van der Waals surface area contributed by atoms with Gasteiger partial charge in [-0.15, -0.1) is 11.6 Å². The van der Waals surface area contributed by atoms with Crippen molar-refractivity contribution in [3.63, 3.8) is 0 Å². The minimum atomic E-state index is 0.549. The lowest BCUT2D eigenvalue weighted by Crippen LogP contribution is -2.27. The molecule has 0 spiro atoms. The minimum absolute atomic E-state index is 0.549. The molecule has 0 aromatic heterocycles. The Hall–Kier alpha value is -0.210. The van der Waals surface area contributed by atoms with Crippen LogP contribution >= 0.6 is 11.6 Å². The molecule has 0 atom stereocenters. The Morgan fingerprint density at radius 3 is 3.00 bits per heavy atom. The van der Waals surface area contributed by atoms with Gasteiger partial charge in [0.05, 0.1) is 6.00 Å². The van der Waals surface area contributed by atoms with Crippen molar-refractivity contribution in [1.82, 2.24) is 10.4 Å². The molecule has 1 N–H and O–H groups in total. The van der Waals surface area contributed by atoms with Crippen LogP contribution in [0.3, 0.4) is 0 Å². The molecule has 0 amide bonds. The van der Waals surface area contributed by atoms with E-state index in [0.29, 0.717) is 6.00 Å². The lowest BCUT2D eigenvalue weighted by Gasteiger charge is -2.09. The quantitative estimate of drug-likeness (QED) is 0.399. The second kappa shape index (κ2) is 2.19. The zero-order chi connectivity index (χ0) is 5.11. The molecule has 0 aromatic rings. The number of hydrazine groups is 1. The summed E-state index contributed by atoms with van der Waals surface area (Å²) >= 11 is 5.43. The Morgan fingerprint density at radius 2 is 2.71 bits per heavy atom. The van der Waals surface area contributed by atoms with Crippen LogP contribution in [0, 0.1) is 0 Å². The van der Waals surface area contributed by atoms with Crippen LogP contribution in [0.4, 0.5) is 0 Å². The predicted molar refractivity (Wildman–Crippen MR) is 29.7 cm³/mol. The average Bonchev–Trinajstić information content (AvgIpc) is 2.14. The van der Waals surface area contributed by atoms with Gasteiger partial charge in [-0.25, -0.2) is 5.01 Å². The van der Waals surface area contributed by atoms with Gasteiger partial charge < -0.3 is 5.43 Å². The second-order valence-corrected chi connectivity index (χ2v) is 1.61. The molecule has 2 nitrogen and oxygen atoms in total. The summed E-state index contributed by atoms with van der Waals surface area (Å²) < 4.78 is 0. The molecule has 0 saturated heterocycles. The molecular weight excluding hydrogens is 112 g/mol. The topological polar surface area (TPSA) is 15.3 Å². The maximum atomic E-state index is 5.43. The molecule has 0 unspecified atom stereocenters. The lowest BCUT2D eigenvalue weighted by atomic mass is 10.6. The Bertz CT molecular complexity index is 73.8. The first-order valence-corrected chi connectivity index (χ1v) is 2.69. The second-order valence-electron chi connectivity index (χ2n) is 1.37. The molecular formula is C4H7ClN2. The number of nitrogens with one attached hydrogen (secondary N) is 1. The summed E-state index contributed by atoms with van der Waals surface area (Å²) in [5.41, 5.74) is 2.93. The number of hydrogen-bond acceptors (Lipinski definition) is 2. The molecule has 0 bridgehead atoms. The lowest BCUT2D eigenvalue weighted by molar-refractivity contribution is 0.314. The first kappa shape index (κ1) is 4.94. The molecule has 3 heteroatoms. The fraction of sp³-hybridized carbons (Fsp3) is 0.500. The van der Waals surface area contributed by atoms with Gasteiger partial charge in [0.2, 0.25) is 0 Å². The van der Waals surface area contributed by atoms with Crippen LogP contribution in [0.25, 0.3) is 0 Å². The summed E-state index contributed by atoms with van der Waals surface area (Å²) in [6.07, 6.45) is 3.89. The van der Waals surface area contributed by atoms with Crippen LogP contribution in [0.15, 0.2) is 12.3 Å². The Kier molecular flexibility index (Phi) is 1.54. The molecule has 1 rings (SSSR count). The highest BCUT2D eigenvalue weighted by Gasteiger charge is 1.99. The highest BCUT2D eigenvalue weighted by atomic mass is 35.5. The van der Waals surface area contributed by atoms with E-state index in [1.807, 2.05) is 17.3 Å². The van der Waals surface area contributed by atoms with Crippen molar-refractivity contribution in [3.05, 3.63) is 12.3 Å². The maximum absolute atomic E-state index is 5.43. The Morgan fingerprint density at radius 1 is 1.86 bits per heavy atom. The molecule has 0 aromatic carbocycles. The van der Waals surface area contributed by atoms with Gasteiger partial charge in [0, 0.05) is 12.7 Å². The predicted octanol–water partition coefficient (Wildman–Crippen LogP) is 0.517. The van der Waals surface area contributed by atoms with Crippen LogP contribution in [0.2, 0.25) is 0 Å². The third kappa shape index (κ3) is 1.08. The first-order valence-electron chi connectivity index (χ1n) is 2.15. The number of halogens is 1. The first-order chi connectivity index (χ1) is 3.43. The zero-order valence-electron chi connectivity index (χ0n) is 3.89. The van der Waals surface area contributed by atoms with Crippen LogP contribution in [0.5, 0.6) is 0 Å². The average molecular weight is 119 g/mol. The highest BCUT2D eigenvalue weighted by molar-refractivity contribution is 6.17. The van der Waals surface area contributed by atoms with E-state index in [1.165, 1.54) is 0 Å². The van der Waals surface area contributed by atoms with Gasteiger partial charge in [-0.05, 0) is 0 Å². The molecule has 0 fully saturated rings. The summed E-state index contributed by atoms with van der Waals surface area (Å²) in [6.45, 7) is 0.920. The van der Waals surface area contributed by atoms with E-state index in [4.69, 9.17) is 11.6 Å². The van der Waals surface area contributed by atoms with Crippen LogP contribution < -0.4 is 5.43 Å². The van der Waals surface area contributed by atoms with E-state index in [1.54, 1.807) is 0 Å². The highest BCUT2D eigenvalue weighted by Crippen LogP contribution is 1.91. The minimum Gasteiger partial charge on any atom is -0.325 e. The fourth-order valence-corrected chi connectivity index (χ4v) is 0.641. The smallest absolute Gasteiger partial charge is 0.0925 e. The largest absolute Gasteiger partial charge is 0.325 e. The van der Waals surface area contributed by atoms with Gasteiger partial charge in [-0.2, -0.15) is 0 Å². The number of nitrogens with zero attached hydrogens (tertiary/aromatic N) is 1. The van der Waals surface area contributed by atoms with Gasteiger partial charge in [0.1, 0.15) is 0 Å². The summed E-state index contributed by atoms with van der Waals surface area (Å²) in [5, 5.41) is 1.89. The van der Waals surface area contributed by atoms with E-state index in [0.717, 1.165) is 6.54 Å². The molecule has 0 radical (unpaired) electrons. The van der Waals surface area contributed by atoms with Gasteiger partial charge in [0.25, 0.3) is 0 Å². The van der Waals surface area contributed by atoms with Crippen molar-refractivity contribution in [2.24, 2.45) is 0 Å². The fourth-order valence-electron chi connectivity index (χ4n) is 0.474. The summed E-state index contributed by atoms with van der Waals surface area (Å²) in [5.74, 6) is 0. The summed E-state index contributed by atoms with van der Waals surface area (Å²) in [4.78, 5) is 0. The van der Waals surface area contributed by atoms with E-state index in [-0.39, 0.29) is 0 Å². The Labute approximate surface area is 47.7 Å². The number of rotatable bonds is 1. The van der Waals surface area contributed by atoms with Crippen molar-refractivity contribution in [2.75, 3.05) is 12.5 Å². The van der Waals surface area contributed by atoms with Crippen molar-refractivity contribution < 1.29 is 0 Å². The molecule has 7 heavy (non-hydrogen) atoms. The van der Waals surface area contributed by atoms with Crippen molar-refractivity contribution in [3.8, 4) is 0 Å². The SMILES string of the molecule is ClCN1CC=CN1. The van der Waals surface area contributed by atoms with Crippen LogP contribution in [-0.4, -0.2) is 17.6 Å². The van der Waals surface area contributed by atoms with E-state index < -0.39 is 0 Å². The van der Waals surface area contributed by atoms with E-state index >= 15 is 0 Å². The molecule has 1 aliphatic heterocycles. The third-order valence-corrected chi connectivity index (χ3v) is 1.13. The number of alkyl halides is 1. The van der Waals surface area contributed by atoms with E-state index in [9.17, 15) is 0 Å². The van der Waals surface area contributed by atoms with Crippen LogP contribution in [-0.2, 0) is 0 Å². The van der Waals surface area contributed by atoms with E-state index in [2.05, 4.69) is 5.43 Å². The molecule has 40 valence electrons. The summed E-state index contributed by atoms with van der Waals surface area (Å²) in [6, 6.07) is 0.549. The van der Waals surface area contributed by atoms with Gasteiger partial charge in [0.15, 0.2) is 0 Å². The van der Waals surface area contributed by atoms with Crippen molar-refractivity contribution in [2.45, 2.75) is 0 Å².